The van der Waals surface area contributed by atoms with E-state index in [1.807, 2.05) is 65.6 Å². The van der Waals surface area contributed by atoms with Crippen LogP contribution in [0.4, 0.5) is 0 Å². The van der Waals surface area contributed by atoms with Gasteiger partial charge >= 0.3 is 0 Å². The summed E-state index contributed by atoms with van der Waals surface area (Å²) in [5, 5.41) is 0. The van der Waals surface area contributed by atoms with E-state index < -0.39 is 0 Å². The van der Waals surface area contributed by atoms with Crippen LogP contribution >= 0.6 is 0 Å². The third-order valence-corrected chi connectivity index (χ3v) is 4.96. The second kappa shape index (κ2) is 6.94. The number of hydrogen-bond donors (Lipinski definition) is 0. The van der Waals surface area contributed by atoms with E-state index in [2.05, 4.69) is 24.3 Å². The molecule has 0 N–H and O–H groups in total. The zero-order valence-electron chi connectivity index (χ0n) is 14.1. The van der Waals surface area contributed by atoms with E-state index in [1.165, 1.54) is 11.1 Å². The summed E-state index contributed by atoms with van der Waals surface area (Å²) in [7, 11) is 0. The molecule has 3 aromatic rings. The number of rotatable bonds is 3. The van der Waals surface area contributed by atoms with Crippen molar-refractivity contribution in [3.05, 3.63) is 107 Å². The third-order valence-electron chi connectivity index (χ3n) is 4.96. The van der Waals surface area contributed by atoms with Crippen molar-refractivity contribution >= 4 is 5.91 Å². The monoisotopic (exact) mass is 327 g/mol. The van der Waals surface area contributed by atoms with Crippen molar-refractivity contribution in [2.24, 2.45) is 0 Å². The predicted molar refractivity (Wildman–Crippen MR) is 100 cm³/mol. The molecule has 0 spiro atoms. The number of nitrogens with zero attached hydrogens (tertiary/aromatic N) is 1. The van der Waals surface area contributed by atoms with Gasteiger partial charge in [-0.05, 0) is 28.7 Å². The van der Waals surface area contributed by atoms with Crippen molar-refractivity contribution in [3.63, 3.8) is 0 Å². The average molecular weight is 327 g/mol. The Balaban J connectivity index is 1.67. The maximum absolute atomic E-state index is 13.4. The van der Waals surface area contributed by atoms with Crippen LogP contribution in [-0.2, 0) is 17.8 Å². The second-order valence-electron chi connectivity index (χ2n) is 6.53. The van der Waals surface area contributed by atoms with Crippen LogP contribution < -0.4 is 0 Å². The Hall–Kier alpha value is -2.87. The first-order valence-electron chi connectivity index (χ1n) is 8.78. The molecule has 25 heavy (non-hydrogen) atoms. The molecule has 0 aromatic heterocycles. The molecule has 0 unspecified atom stereocenters. The molecule has 3 aromatic carbocycles. The van der Waals surface area contributed by atoms with Gasteiger partial charge in [0, 0.05) is 13.1 Å². The van der Waals surface area contributed by atoms with Gasteiger partial charge in [0.15, 0.2) is 0 Å². The van der Waals surface area contributed by atoms with Crippen LogP contribution in [0.2, 0.25) is 0 Å². The molecular formula is C23H21NO. The van der Waals surface area contributed by atoms with E-state index in [0.29, 0.717) is 6.54 Å². The summed E-state index contributed by atoms with van der Waals surface area (Å²) >= 11 is 0. The van der Waals surface area contributed by atoms with E-state index in [-0.39, 0.29) is 11.8 Å². The van der Waals surface area contributed by atoms with Gasteiger partial charge in [-0.1, -0.05) is 84.9 Å². The van der Waals surface area contributed by atoms with Gasteiger partial charge in [-0.25, -0.2) is 0 Å². The Kier molecular flexibility index (Phi) is 4.34. The van der Waals surface area contributed by atoms with Crippen molar-refractivity contribution in [1.82, 2.24) is 4.90 Å². The van der Waals surface area contributed by atoms with Gasteiger partial charge in [-0.2, -0.15) is 0 Å². The molecule has 0 atom stereocenters. The molecule has 2 heteroatoms. The van der Waals surface area contributed by atoms with Gasteiger partial charge in [0.05, 0.1) is 5.92 Å². The lowest BCUT2D eigenvalue weighted by Crippen LogP contribution is -2.39. The van der Waals surface area contributed by atoms with Crippen molar-refractivity contribution < 1.29 is 4.79 Å². The number of carbonyl (C=O) groups excluding carboxylic acids is 1. The van der Waals surface area contributed by atoms with Gasteiger partial charge < -0.3 is 4.90 Å². The fraction of sp³-hybridized carbons (Fsp3) is 0.174. The number of carbonyl (C=O) groups is 1. The number of hydrogen-bond acceptors (Lipinski definition) is 1. The second-order valence-corrected chi connectivity index (χ2v) is 6.53. The first-order valence-corrected chi connectivity index (χ1v) is 8.78. The molecule has 1 aliphatic heterocycles. The van der Waals surface area contributed by atoms with Crippen LogP contribution in [-0.4, -0.2) is 17.4 Å². The van der Waals surface area contributed by atoms with Crippen LogP contribution in [0.1, 0.15) is 28.2 Å². The Bertz CT molecular complexity index is 818. The molecule has 0 saturated heterocycles. The Labute approximate surface area is 148 Å². The van der Waals surface area contributed by atoms with Crippen LogP contribution in [0.15, 0.2) is 84.9 Å². The molecule has 1 heterocycles. The van der Waals surface area contributed by atoms with Crippen molar-refractivity contribution in [2.45, 2.75) is 18.9 Å². The van der Waals surface area contributed by atoms with Crippen LogP contribution in [0.3, 0.4) is 0 Å². The molecular weight excluding hydrogens is 306 g/mol. The summed E-state index contributed by atoms with van der Waals surface area (Å²) in [5.74, 6) is -0.0560. The summed E-state index contributed by atoms with van der Waals surface area (Å²) < 4.78 is 0. The van der Waals surface area contributed by atoms with Crippen molar-refractivity contribution in [2.75, 3.05) is 6.54 Å². The highest BCUT2D eigenvalue weighted by Crippen LogP contribution is 2.29. The maximum Gasteiger partial charge on any atom is 0.234 e. The van der Waals surface area contributed by atoms with E-state index in [9.17, 15) is 4.79 Å². The number of amides is 1. The molecule has 0 bridgehead atoms. The SMILES string of the molecule is O=C(C(c1ccccc1)c1ccccc1)N1CCc2ccccc2C1. The minimum absolute atomic E-state index is 0.187. The highest BCUT2D eigenvalue weighted by molar-refractivity contribution is 5.87. The Morgan fingerprint density at radius 1 is 0.720 bits per heavy atom. The molecule has 0 saturated carbocycles. The molecule has 2 nitrogen and oxygen atoms in total. The van der Waals surface area contributed by atoms with Gasteiger partial charge in [0.2, 0.25) is 5.91 Å². The summed E-state index contributed by atoms with van der Waals surface area (Å²) in [6, 6.07) is 28.6. The lowest BCUT2D eigenvalue weighted by Gasteiger charge is -2.32. The van der Waals surface area contributed by atoms with E-state index in [0.717, 1.165) is 24.1 Å². The topological polar surface area (TPSA) is 20.3 Å². The van der Waals surface area contributed by atoms with Gasteiger partial charge in [-0.3, -0.25) is 4.79 Å². The minimum Gasteiger partial charge on any atom is -0.337 e. The van der Waals surface area contributed by atoms with Crippen LogP contribution in [0.25, 0.3) is 0 Å². The summed E-state index contributed by atoms with van der Waals surface area (Å²) in [4.78, 5) is 15.4. The van der Waals surface area contributed by atoms with E-state index >= 15 is 0 Å². The van der Waals surface area contributed by atoms with Crippen LogP contribution in [0, 0.1) is 0 Å². The normalized spacial score (nSPS) is 13.6. The molecule has 1 aliphatic rings. The van der Waals surface area contributed by atoms with E-state index in [1.54, 1.807) is 0 Å². The third kappa shape index (κ3) is 3.20. The van der Waals surface area contributed by atoms with Gasteiger partial charge in [0.1, 0.15) is 0 Å². The van der Waals surface area contributed by atoms with Gasteiger partial charge in [-0.15, -0.1) is 0 Å². The Morgan fingerprint density at radius 3 is 1.84 bits per heavy atom. The molecule has 124 valence electrons. The lowest BCUT2D eigenvalue weighted by atomic mass is 9.89. The fourth-order valence-electron chi connectivity index (χ4n) is 3.63. The molecule has 1 amide bonds. The first-order chi connectivity index (χ1) is 12.3. The van der Waals surface area contributed by atoms with Gasteiger partial charge in [0.25, 0.3) is 0 Å². The summed E-state index contributed by atoms with van der Waals surface area (Å²) in [5.41, 5.74) is 4.74. The molecule has 0 fully saturated rings. The smallest absolute Gasteiger partial charge is 0.234 e. The fourth-order valence-corrected chi connectivity index (χ4v) is 3.63. The highest BCUT2D eigenvalue weighted by Gasteiger charge is 2.29. The quantitative estimate of drug-likeness (QED) is 0.698. The predicted octanol–water partition coefficient (Wildman–Crippen LogP) is 4.40. The van der Waals surface area contributed by atoms with E-state index in [4.69, 9.17) is 0 Å². The maximum atomic E-state index is 13.4. The average Bonchev–Trinajstić information content (AvgIpc) is 2.69. The number of benzene rings is 3. The highest BCUT2D eigenvalue weighted by atomic mass is 16.2. The lowest BCUT2D eigenvalue weighted by molar-refractivity contribution is -0.132. The zero-order chi connectivity index (χ0) is 17.1. The summed E-state index contributed by atoms with van der Waals surface area (Å²) in [6.07, 6.45) is 0.929. The minimum atomic E-state index is -0.243. The Morgan fingerprint density at radius 2 is 1.24 bits per heavy atom. The number of fused-ring (bicyclic) bond motifs is 1. The standard InChI is InChI=1S/C23H21NO/c25-23(24-16-15-18-9-7-8-14-21(18)17-24)22(19-10-3-1-4-11-19)20-12-5-2-6-13-20/h1-14,22H,15-17H2. The molecule has 0 aliphatic carbocycles. The summed E-state index contributed by atoms with van der Waals surface area (Å²) in [6.45, 7) is 1.48. The van der Waals surface area contributed by atoms with Crippen LogP contribution in [0.5, 0.6) is 0 Å². The zero-order valence-corrected chi connectivity index (χ0v) is 14.1. The molecule has 4 rings (SSSR count). The molecule has 0 radical (unpaired) electrons. The first kappa shape index (κ1) is 15.6. The van der Waals surface area contributed by atoms with Crippen molar-refractivity contribution in [3.8, 4) is 0 Å². The largest absolute Gasteiger partial charge is 0.337 e. The van der Waals surface area contributed by atoms with Crippen molar-refractivity contribution in [1.29, 1.82) is 0 Å².